The Labute approximate surface area is 189 Å². The van der Waals surface area contributed by atoms with Gasteiger partial charge in [0, 0.05) is 39.3 Å². The van der Waals surface area contributed by atoms with Gasteiger partial charge in [0.25, 0.3) is 0 Å². The molecule has 1 saturated heterocycles. The Bertz CT molecular complexity index is 1020. The van der Waals surface area contributed by atoms with Crippen molar-refractivity contribution in [1.82, 2.24) is 19.4 Å². The molecule has 3 amide bonds. The van der Waals surface area contributed by atoms with Gasteiger partial charge in [-0.3, -0.25) is 4.79 Å². The van der Waals surface area contributed by atoms with Crippen molar-refractivity contribution in [3.8, 4) is 0 Å². The van der Waals surface area contributed by atoms with Crippen LogP contribution in [0.1, 0.15) is 18.1 Å². The smallest absolute Gasteiger partial charge is 0.317 e. The Morgan fingerprint density at radius 3 is 2.19 bits per heavy atom. The SMILES string of the molecule is CCN(Cc1ccccc1)C(=O)CNC(=O)N1CCN(S(=O)(=O)c2ccc(C)cc2)CC1. The van der Waals surface area contributed by atoms with E-state index in [1.165, 1.54) is 4.31 Å². The predicted molar refractivity (Wildman–Crippen MR) is 122 cm³/mol. The molecule has 0 aliphatic carbocycles. The van der Waals surface area contributed by atoms with Crippen LogP contribution in [0.5, 0.6) is 0 Å². The lowest BCUT2D eigenvalue weighted by atomic mass is 10.2. The third-order valence-corrected chi connectivity index (χ3v) is 7.44. The van der Waals surface area contributed by atoms with Crippen molar-refractivity contribution in [2.24, 2.45) is 0 Å². The summed E-state index contributed by atoms with van der Waals surface area (Å²) in [5.41, 5.74) is 2.02. The molecule has 1 fully saturated rings. The molecule has 0 saturated carbocycles. The molecule has 1 heterocycles. The van der Waals surface area contributed by atoms with Gasteiger partial charge in [-0.05, 0) is 31.5 Å². The van der Waals surface area contributed by atoms with Gasteiger partial charge in [0.2, 0.25) is 15.9 Å². The maximum atomic E-state index is 12.8. The number of urea groups is 1. The van der Waals surface area contributed by atoms with E-state index in [1.54, 1.807) is 34.1 Å². The minimum absolute atomic E-state index is 0.0958. The summed E-state index contributed by atoms with van der Waals surface area (Å²) in [6.07, 6.45) is 0. The maximum Gasteiger partial charge on any atom is 0.317 e. The molecule has 0 radical (unpaired) electrons. The van der Waals surface area contributed by atoms with Crippen LogP contribution < -0.4 is 5.32 Å². The number of carbonyl (C=O) groups excluding carboxylic acids is 2. The highest BCUT2D eigenvalue weighted by atomic mass is 32.2. The summed E-state index contributed by atoms with van der Waals surface area (Å²) in [5.74, 6) is -0.162. The number of rotatable bonds is 7. The highest BCUT2D eigenvalue weighted by Gasteiger charge is 2.30. The average Bonchev–Trinajstić information content (AvgIpc) is 2.81. The fourth-order valence-corrected chi connectivity index (χ4v) is 4.97. The molecule has 0 atom stereocenters. The number of piperazine rings is 1. The topological polar surface area (TPSA) is 90.0 Å². The standard InChI is InChI=1S/C23H30N4O4S/c1-3-25(18-20-7-5-4-6-8-20)22(28)17-24-23(29)26-13-15-27(16-14-26)32(30,31)21-11-9-19(2)10-12-21/h4-12H,3,13-18H2,1-2H3,(H,24,29). The van der Waals surface area contributed by atoms with Crippen LogP contribution in [0.3, 0.4) is 0 Å². The molecular weight excluding hydrogens is 428 g/mol. The number of aryl methyl sites for hydroxylation is 1. The number of amides is 3. The first-order chi connectivity index (χ1) is 15.3. The molecule has 0 bridgehead atoms. The molecule has 0 spiro atoms. The van der Waals surface area contributed by atoms with E-state index < -0.39 is 10.0 Å². The van der Waals surface area contributed by atoms with Crippen LogP contribution >= 0.6 is 0 Å². The van der Waals surface area contributed by atoms with E-state index >= 15 is 0 Å². The fraction of sp³-hybridized carbons (Fsp3) is 0.391. The third kappa shape index (κ3) is 5.86. The molecule has 9 heteroatoms. The summed E-state index contributed by atoms with van der Waals surface area (Å²) in [6, 6.07) is 16.1. The number of sulfonamides is 1. The first kappa shape index (κ1) is 23.7. The summed E-state index contributed by atoms with van der Waals surface area (Å²) in [5, 5.41) is 2.67. The quantitative estimate of drug-likeness (QED) is 0.688. The largest absolute Gasteiger partial charge is 0.337 e. The molecule has 172 valence electrons. The zero-order valence-electron chi connectivity index (χ0n) is 18.5. The first-order valence-electron chi connectivity index (χ1n) is 10.7. The molecule has 0 aromatic heterocycles. The monoisotopic (exact) mass is 458 g/mol. The molecule has 1 N–H and O–H groups in total. The zero-order chi connectivity index (χ0) is 23.1. The van der Waals surface area contributed by atoms with Crippen molar-refractivity contribution < 1.29 is 18.0 Å². The van der Waals surface area contributed by atoms with Crippen molar-refractivity contribution in [1.29, 1.82) is 0 Å². The number of nitrogens with one attached hydrogen (secondary N) is 1. The van der Waals surface area contributed by atoms with E-state index in [1.807, 2.05) is 44.2 Å². The number of hydrogen-bond donors (Lipinski definition) is 1. The van der Waals surface area contributed by atoms with Gasteiger partial charge in [0.15, 0.2) is 0 Å². The van der Waals surface area contributed by atoms with Crippen LogP contribution in [0.25, 0.3) is 0 Å². The van der Waals surface area contributed by atoms with Gasteiger partial charge in [-0.15, -0.1) is 0 Å². The summed E-state index contributed by atoms with van der Waals surface area (Å²) < 4.78 is 27.0. The van der Waals surface area contributed by atoms with Crippen molar-refractivity contribution in [3.63, 3.8) is 0 Å². The van der Waals surface area contributed by atoms with E-state index in [2.05, 4.69) is 5.32 Å². The highest BCUT2D eigenvalue weighted by molar-refractivity contribution is 7.89. The lowest BCUT2D eigenvalue weighted by Crippen LogP contribution is -2.54. The van der Waals surface area contributed by atoms with Crippen LogP contribution in [0.15, 0.2) is 59.5 Å². The van der Waals surface area contributed by atoms with E-state index in [9.17, 15) is 18.0 Å². The Hall–Kier alpha value is -2.91. The predicted octanol–water partition coefficient (Wildman–Crippen LogP) is 2.06. The minimum atomic E-state index is -3.58. The van der Waals surface area contributed by atoms with Crippen LogP contribution in [-0.4, -0.2) is 73.7 Å². The van der Waals surface area contributed by atoms with E-state index in [0.29, 0.717) is 13.1 Å². The molecule has 3 rings (SSSR count). The summed E-state index contributed by atoms with van der Waals surface area (Å²) in [6.45, 7) is 5.71. The normalized spacial score (nSPS) is 14.8. The van der Waals surface area contributed by atoms with E-state index in [-0.39, 0.29) is 49.6 Å². The van der Waals surface area contributed by atoms with Crippen molar-refractivity contribution in [3.05, 3.63) is 65.7 Å². The number of hydrogen-bond acceptors (Lipinski definition) is 4. The van der Waals surface area contributed by atoms with Crippen LogP contribution in [0, 0.1) is 6.92 Å². The van der Waals surface area contributed by atoms with Gasteiger partial charge >= 0.3 is 6.03 Å². The molecule has 32 heavy (non-hydrogen) atoms. The Balaban J connectivity index is 1.48. The fourth-order valence-electron chi connectivity index (χ4n) is 3.55. The second-order valence-electron chi connectivity index (χ2n) is 7.76. The summed E-state index contributed by atoms with van der Waals surface area (Å²) >= 11 is 0. The van der Waals surface area contributed by atoms with Gasteiger partial charge in [0.1, 0.15) is 0 Å². The van der Waals surface area contributed by atoms with Crippen LogP contribution in [0.2, 0.25) is 0 Å². The molecule has 2 aromatic rings. The third-order valence-electron chi connectivity index (χ3n) is 5.53. The maximum absolute atomic E-state index is 12.8. The number of nitrogens with zero attached hydrogens (tertiary/aromatic N) is 3. The minimum Gasteiger partial charge on any atom is -0.337 e. The molecule has 1 aliphatic heterocycles. The number of benzene rings is 2. The number of carbonyl (C=O) groups is 2. The Morgan fingerprint density at radius 2 is 1.59 bits per heavy atom. The van der Waals surface area contributed by atoms with Crippen LogP contribution in [0.4, 0.5) is 4.79 Å². The van der Waals surface area contributed by atoms with Crippen molar-refractivity contribution in [2.75, 3.05) is 39.3 Å². The summed E-state index contributed by atoms with van der Waals surface area (Å²) in [4.78, 5) is 28.5. The van der Waals surface area contributed by atoms with Crippen molar-refractivity contribution in [2.45, 2.75) is 25.3 Å². The van der Waals surface area contributed by atoms with Gasteiger partial charge in [-0.2, -0.15) is 4.31 Å². The second kappa shape index (κ2) is 10.6. The van der Waals surface area contributed by atoms with Gasteiger partial charge < -0.3 is 15.1 Å². The molecule has 2 aromatic carbocycles. The lowest BCUT2D eigenvalue weighted by Gasteiger charge is -2.34. The van der Waals surface area contributed by atoms with E-state index in [0.717, 1.165) is 11.1 Å². The molecule has 1 aliphatic rings. The van der Waals surface area contributed by atoms with Crippen molar-refractivity contribution >= 4 is 22.0 Å². The second-order valence-corrected chi connectivity index (χ2v) is 9.69. The molecule has 8 nitrogen and oxygen atoms in total. The first-order valence-corrected chi connectivity index (χ1v) is 12.2. The summed E-state index contributed by atoms with van der Waals surface area (Å²) in [7, 11) is -3.58. The van der Waals surface area contributed by atoms with Crippen LogP contribution in [-0.2, 0) is 21.4 Å². The van der Waals surface area contributed by atoms with E-state index in [4.69, 9.17) is 0 Å². The molecule has 0 unspecified atom stereocenters. The highest BCUT2D eigenvalue weighted by Crippen LogP contribution is 2.18. The Kier molecular flexibility index (Phi) is 7.87. The lowest BCUT2D eigenvalue weighted by molar-refractivity contribution is -0.130. The van der Waals surface area contributed by atoms with Gasteiger partial charge in [-0.25, -0.2) is 13.2 Å². The number of likely N-dealkylation sites (N-methyl/N-ethyl adjacent to an activating group) is 1. The van der Waals surface area contributed by atoms with Gasteiger partial charge in [0.05, 0.1) is 11.4 Å². The average molecular weight is 459 g/mol. The molecular formula is C23H30N4O4S. The zero-order valence-corrected chi connectivity index (χ0v) is 19.3. The van der Waals surface area contributed by atoms with Gasteiger partial charge in [-0.1, -0.05) is 48.0 Å². The Morgan fingerprint density at radius 1 is 0.969 bits per heavy atom.